The molecule has 4 nitrogen and oxygen atoms in total. The normalized spacial score (nSPS) is 12.4. The minimum Gasteiger partial charge on any atom is -0.382 e. The molecule has 2 heterocycles. The van der Waals surface area contributed by atoms with Crippen molar-refractivity contribution in [2.45, 2.75) is 20.0 Å². The van der Waals surface area contributed by atoms with Crippen molar-refractivity contribution >= 4 is 0 Å². The molecule has 0 amide bonds. The van der Waals surface area contributed by atoms with Gasteiger partial charge < -0.3 is 5.11 Å². The maximum Gasteiger partial charge on any atom is 0.125 e. The summed E-state index contributed by atoms with van der Waals surface area (Å²) < 4.78 is 0. The third-order valence-electron chi connectivity index (χ3n) is 2.33. The molecule has 0 fully saturated rings. The van der Waals surface area contributed by atoms with Crippen LogP contribution in [0.1, 0.15) is 28.9 Å². The Bertz CT molecular complexity index is 482. The predicted molar refractivity (Wildman–Crippen MR) is 59.8 cm³/mol. The molecule has 0 spiro atoms. The number of hydrogen-bond acceptors (Lipinski definition) is 4. The standard InChI is InChI=1S/C12H13N3O/c1-8-3-4-10(7-14-8)12(16)11-5-6-13-9(2)15-11/h3-7,12,16H,1-2H3. The first-order valence-corrected chi connectivity index (χ1v) is 5.07. The number of aryl methyl sites for hydroxylation is 2. The lowest BCUT2D eigenvalue weighted by atomic mass is 10.1. The van der Waals surface area contributed by atoms with E-state index >= 15 is 0 Å². The molecule has 2 rings (SSSR count). The number of nitrogens with zero attached hydrogens (tertiary/aromatic N) is 3. The third-order valence-corrected chi connectivity index (χ3v) is 2.33. The Balaban J connectivity index is 2.31. The van der Waals surface area contributed by atoms with Gasteiger partial charge in [0.25, 0.3) is 0 Å². The summed E-state index contributed by atoms with van der Waals surface area (Å²) in [4.78, 5) is 12.3. The van der Waals surface area contributed by atoms with E-state index in [2.05, 4.69) is 15.0 Å². The predicted octanol–water partition coefficient (Wildman–Crippen LogP) is 1.57. The average Bonchev–Trinajstić information content (AvgIpc) is 2.29. The van der Waals surface area contributed by atoms with Gasteiger partial charge in [0.2, 0.25) is 0 Å². The van der Waals surface area contributed by atoms with Crippen molar-refractivity contribution in [2.75, 3.05) is 0 Å². The molecule has 2 aromatic heterocycles. The van der Waals surface area contributed by atoms with Crippen molar-refractivity contribution in [3.8, 4) is 0 Å². The zero-order valence-electron chi connectivity index (χ0n) is 9.25. The van der Waals surface area contributed by atoms with Gasteiger partial charge in [0.15, 0.2) is 0 Å². The van der Waals surface area contributed by atoms with Crippen molar-refractivity contribution in [3.05, 3.63) is 53.4 Å². The van der Waals surface area contributed by atoms with Gasteiger partial charge in [-0.05, 0) is 26.0 Å². The number of pyridine rings is 1. The molecule has 0 aliphatic rings. The van der Waals surface area contributed by atoms with Gasteiger partial charge in [0, 0.05) is 23.7 Å². The number of hydrogen-bond donors (Lipinski definition) is 1. The molecule has 16 heavy (non-hydrogen) atoms. The summed E-state index contributed by atoms with van der Waals surface area (Å²) in [6, 6.07) is 5.43. The smallest absolute Gasteiger partial charge is 0.125 e. The van der Waals surface area contributed by atoms with Gasteiger partial charge >= 0.3 is 0 Å². The highest BCUT2D eigenvalue weighted by molar-refractivity contribution is 5.23. The Kier molecular flexibility index (Phi) is 2.92. The minimum atomic E-state index is -0.741. The number of aliphatic hydroxyl groups is 1. The Morgan fingerprint density at radius 2 is 1.94 bits per heavy atom. The SMILES string of the molecule is Cc1ccc(C(O)c2ccnc(C)n2)cn1. The lowest BCUT2D eigenvalue weighted by Gasteiger charge is -2.10. The molecule has 0 aliphatic carbocycles. The fraction of sp³-hybridized carbons (Fsp3) is 0.250. The molecular weight excluding hydrogens is 202 g/mol. The number of aliphatic hydroxyl groups excluding tert-OH is 1. The topological polar surface area (TPSA) is 58.9 Å². The van der Waals surface area contributed by atoms with Crippen LogP contribution in [0.25, 0.3) is 0 Å². The Morgan fingerprint density at radius 1 is 1.12 bits per heavy atom. The van der Waals surface area contributed by atoms with E-state index in [4.69, 9.17) is 0 Å². The van der Waals surface area contributed by atoms with Crippen LogP contribution in [0.3, 0.4) is 0 Å². The lowest BCUT2D eigenvalue weighted by Crippen LogP contribution is -2.04. The lowest BCUT2D eigenvalue weighted by molar-refractivity contribution is 0.214. The number of aromatic nitrogens is 3. The summed E-state index contributed by atoms with van der Waals surface area (Å²) in [5.74, 6) is 0.650. The highest BCUT2D eigenvalue weighted by Crippen LogP contribution is 2.18. The van der Waals surface area contributed by atoms with Crippen molar-refractivity contribution in [1.82, 2.24) is 15.0 Å². The molecule has 0 aliphatic heterocycles. The van der Waals surface area contributed by atoms with Gasteiger partial charge in [0.05, 0.1) is 5.69 Å². The molecule has 0 saturated carbocycles. The summed E-state index contributed by atoms with van der Waals surface area (Å²) in [5.41, 5.74) is 2.26. The largest absolute Gasteiger partial charge is 0.382 e. The summed E-state index contributed by atoms with van der Waals surface area (Å²) in [6.07, 6.45) is 2.56. The second-order valence-corrected chi connectivity index (χ2v) is 3.66. The van der Waals surface area contributed by atoms with E-state index in [1.807, 2.05) is 19.1 Å². The zero-order chi connectivity index (χ0) is 11.5. The van der Waals surface area contributed by atoms with Gasteiger partial charge in [-0.1, -0.05) is 6.07 Å². The van der Waals surface area contributed by atoms with Crippen LogP contribution < -0.4 is 0 Å². The van der Waals surface area contributed by atoms with Crippen LogP contribution in [-0.4, -0.2) is 20.1 Å². The quantitative estimate of drug-likeness (QED) is 0.826. The van der Waals surface area contributed by atoms with E-state index < -0.39 is 6.10 Å². The molecule has 82 valence electrons. The summed E-state index contributed by atoms with van der Waals surface area (Å²) in [5, 5.41) is 10.1. The highest BCUT2D eigenvalue weighted by atomic mass is 16.3. The summed E-state index contributed by atoms with van der Waals surface area (Å²) in [6.45, 7) is 3.70. The maximum absolute atomic E-state index is 10.1. The van der Waals surface area contributed by atoms with Crippen LogP contribution in [0.2, 0.25) is 0 Å². The van der Waals surface area contributed by atoms with E-state index in [1.165, 1.54) is 0 Å². The second-order valence-electron chi connectivity index (χ2n) is 3.66. The van der Waals surface area contributed by atoms with Crippen LogP contribution in [0.4, 0.5) is 0 Å². The van der Waals surface area contributed by atoms with Gasteiger partial charge in [-0.3, -0.25) is 4.98 Å². The van der Waals surface area contributed by atoms with E-state index in [-0.39, 0.29) is 0 Å². The highest BCUT2D eigenvalue weighted by Gasteiger charge is 2.12. The van der Waals surface area contributed by atoms with Crippen LogP contribution in [0.15, 0.2) is 30.6 Å². The van der Waals surface area contributed by atoms with Crippen LogP contribution >= 0.6 is 0 Å². The average molecular weight is 215 g/mol. The maximum atomic E-state index is 10.1. The molecular formula is C12H13N3O. The third kappa shape index (κ3) is 2.23. The fourth-order valence-corrected chi connectivity index (χ4v) is 1.44. The van der Waals surface area contributed by atoms with Crippen LogP contribution in [0, 0.1) is 13.8 Å². The van der Waals surface area contributed by atoms with Gasteiger partial charge in [0.1, 0.15) is 11.9 Å². The first-order chi connectivity index (χ1) is 7.66. The molecule has 0 radical (unpaired) electrons. The van der Waals surface area contributed by atoms with E-state index in [9.17, 15) is 5.11 Å². The molecule has 1 unspecified atom stereocenters. The van der Waals surface area contributed by atoms with Crippen molar-refractivity contribution < 1.29 is 5.11 Å². The van der Waals surface area contributed by atoms with Crippen LogP contribution in [0.5, 0.6) is 0 Å². The molecule has 0 aromatic carbocycles. The van der Waals surface area contributed by atoms with E-state index in [1.54, 1.807) is 25.4 Å². The molecule has 1 N–H and O–H groups in total. The molecule has 1 atom stereocenters. The first kappa shape index (κ1) is 10.7. The molecule has 0 bridgehead atoms. The van der Waals surface area contributed by atoms with Crippen molar-refractivity contribution in [2.24, 2.45) is 0 Å². The van der Waals surface area contributed by atoms with Crippen LogP contribution in [-0.2, 0) is 0 Å². The fourth-order valence-electron chi connectivity index (χ4n) is 1.44. The minimum absolute atomic E-state index is 0.596. The van der Waals surface area contributed by atoms with E-state index in [0.29, 0.717) is 11.5 Å². The Morgan fingerprint density at radius 3 is 2.56 bits per heavy atom. The molecule has 0 saturated heterocycles. The monoisotopic (exact) mass is 215 g/mol. The zero-order valence-corrected chi connectivity index (χ0v) is 9.25. The first-order valence-electron chi connectivity index (χ1n) is 5.07. The van der Waals surface area contributed by atoms with Gasteiger partial charge in [-0.25, -0.2) is 9.97 Å². The van der Waals surface area contributed by atoms with Gasteiger partial charge in [-0.15, -0.1) is 0 Å². The van der Waals surface area contributed by atoms with E-state index in [0.717, 1.165) is 11.3 Å². The molecule has 4 heteroatoms. The summed E-state index contributed by atoms with van der Waals surface area (Å²) >= 11 is 0. The number of rotatable bonds is 2. The Labute approximate surface area is 94.0 Å². The van der Waals surface area contributed by atoms with Crippen molar-refractivity contribution in [1.29, 1.82) is 0 Å². The van der Waals surface area contributed by atoms with Gasteiger partial charge in [-0.2, -0.15) is 0 Å². The Hall–Kier alpha value is -1.81. The second kappa shape index (κ2) is 4.37. The van der Waals surface area contributed by atoms with Crippen molar-refractivity contribution in [3.63, 3.8) is 0 Å². The summed E-state index contributed by atoms with van der Waals surface area (Å²) in [7, 11) is 0. The molecule has 2 aromatic rings.